The first kappa shape index (κ1) is 25.5. The average Bonchev–Trinajstić information content (AvgIpc) is 3.05. The predicted molar refractivity (Wildman–Crippen MR) is 128 cm³/mol. The van der Waals surface area contributed by atoms with Crippen LogP contribution in [0.25, 0.3) is 0 Å². The summed E-state index contributed by atoms with van der Waals surface area (Å²) in [5.41, 5.74) is 0.551. The van der Waals surface area contributed by atoms with Gasteiger partial charge in [-0.05, 0) is 55.2 Å². The van der Waals surface area contributed by atoms with Crippen LogP contribution in [0.2, 0.25) is 0 Å². The number of benzene rings is 2. The maximum absolute atomic E-state index is 13.0. The second-order valence-electron chi connectivity index (χ2n) is 8.70. The zero-order valence-electron chi connectivity index (χ0n) is 19.8. The number of nitro benzene ring substituents is 2. The molecule has 2 aromatic rings. The lowest BCUT2D eigenvalue weighted by molar-refractivity contribution is -0.385. The number of fused-ring (bicyclic) bond motifs is 1. The summed E-state index contributed by atoms with van der Waals surface area (Å²) < 4.78 is 11.5. The smallest absolute Gasteiger partial charge is 0.338 e. The van der Waals surface area contributed by atoms with E-state index in [1.807, 2.05) is 0 Å². The summed E-state index contributed by atoms with van der Waals surface area (Å²) in [4.78, 5) is 60.6. The van der Waals surface area contributed by atoms with E-state index in [0.29, 0.717) is 13.0 Å². The first-order valence-corrected chi connectivity index (χ1v) is 11.5. The molecule has 2 aromatic carbocycles. The van der Waals surface area contributed by atoms with E-state index in [1.54, 1.807) is 11.0 Å². The molecule has 0 N–H and O–H groups in total. The van der Waals surface area contributed by atoms with Gasteiger partial charge in [0.25, 0.3) is 11.4 Å². The molecule has 1 aliphatic carbocycles. The van der Waals surface area contributed by atoms with E-state index < -0.39 is 40.0 Å². The summed E-state index contributed by atoms with van der Waals surface area (Å²) >= 11 is 0. The van der Waals surface area contributed by atoms with Gasteiger partial charge in [-0.15, -0.1) is 0 Å². The van der Waals surface area contributed by atoms with Gasteiger partial charge in [0, 0.05) is 37.7 Å². The van der Waals surface area contributed by atoms with Crippen LogP contribution in [0.5, 0.6) is 0 Å². The fraction of sp³-hybridized carbons (Fsp3) is 0.320. The van der Waals surface area contributed by atoms with Crippen molar-refractivity contribution < 1.29 is 33.7 Å². The SMILES string of the molecule is CC(=O)N1CCCCC2=C[C@@H](OC(=O)c3ccc([N+](=O)[O-])cc3)[C@@H](OC(=O)c3ccc([N+](=O)[O-])cc3)[C@@H]21. The first-order valence-electron chi connectivity index (χ1n) is 11.5. The molecular formula is C25H23N3O9. The molecule has 3 atom stereocenters. The molecule has 0 bridgehead atoms. The van der Waals surface area contributed by atoms with Gasteiger partial charge in [0.1, 0.15) is 0 Å². The number of carbonyl (C=O) groups is 3. The van der Waals surface area contributed by atoms with Crippen LogP contribution >= 0.6 is 0 Å². The zero-order chi connectivity index (χ0) is 26.7. The Kier molecular flexibility index (Phi) is 7.27. The maximum Gasteiger partial charge on any atom is 0.338 e. The molecule has 1 amide bonds. The number of hydrogen-bond acceptors (Lipinski definition) is 9. The molecule has 0 saturated carbocycles. The van der Waals surface area contributed by atoms with Crippen LogP contribution in [0.1, 0.15) is 46.9 Å². The van der Waals surface area contributed by atoms with Gasteiger partial charge in [-0.3, -0.25) is 25.0 Å². The molecule has 12 heteroatoms. The van der Waals surface area contributed by atoms with E-state index >= 15 is 0 Å². The highest BCUT2D eigenvalue weighted by Crippen LogP contribution is 2.36. The van der Waals surface area contributed by atoms with E-state index in [2.05, 4.69) is 0 Å². The van der Waals surface area contributed by atoms with Crippen molar-refractivity contribution in [2.75, 3.05) is 6.54 Å². The number of rotatable bonds is 6. The Labute approximate surface area is 210 Å². The van der Waals surface area contributed by atoms with E-state index in [9.17, 15) is 34.6 Å². The summed E-state index contributed by atoms with van der Waals surface area (Å²) in [5, 5.41) is 21.8. The van der Waals surface area contributed by atoms with E-state index in [4.69, 9.17) is 9.47 Å². The third kappa shape index (κ3) is 5.47. The maximum atomic E-state index is 13.0. The summed E-state index contributed by atoms with van der Waals surface area (Å²) in [6.07, 6.45) is 1.77. The monoisotopic (exact) mass is 509 g/mol. The number of ether oxygens (including phenoxy) is 2. The zero-order valence-corrected chi connectivity index (χ0v) is 19.8. The van der Waals surface area contributed by atoms with Crippen molar-refractivity contribution >= 4 is 29.2 Å². The van der Waals surface area contributed by atoms with Crippen molar-refractivity contribution in [1.29, 1.82) is 0 Å². The molecule has 12 nitrogen and oxygen atoms in total. The van der Waals surface area contributed by atoms with Gasteiger partial charge in [-0.1, -0.05) is 0 Å². The van der Waals surface area contributed by atoms with Gasteiger partial charge in [0.2, 0.25) is 5.91 Å². The Hall–Kier alpha value is -4.61. The van der Waals surface area contributed by atoms with Crippen molar-refractivity contribution in [3.63, 3.8) is 0 Å². The number of esters is 2. The molecule has 1 aliphatic heterocycles. The number of likely N-dealkylation sites (tertiary alicyclic amines) is 1. The van der Waals surface area contributed by atoms with E-state index in [1.165, 1.54) is 55.5 Å². The number of carbonyl (C=O) groups excluding carboxylic acids is 3. The quantitative estimate of drug-likeness (QED) is 0.245. The Morgan fingerprint density at radius 1 is 0.838 bits per heavy atom. The molecule has 192 valence electrons. The third-order valence-corrected chi connectivity index (χ3v) is 6.36. The lowest BCUT2D eigenvalue weighted by Gasteiger charge is -2.34. The van der Waals surface area contributed by atoms with Gasteiger partial charge in [0.15, 0.2) is 12.2 Å². The molecule has 37 heavy (non-hydrogen) atoms. The second kappa shape index (κ2) is 10.6. The van der Waals surface area contributed by atoms with Gasteiger partial charge < -0.3 is 14.4 Å². The molecule has 2 aliphatic rings. The summed E-state index contributed by atoms with van der Waals surface area (Å²) in [6, 6.07) is 9.12. The lowest BCUT2D eigenvalue weighted by atomic mass is 10.0. The van der Waals surface area contributed by atoms with Crippen LogP contribution in [0.3, 0.4) is 0 Å². The standard InChI is InChI=1S/C25H23N3O9/c1-15(29)26-13-3-2-4-18-14-21(36-24(30)16-5-9-19(10-6-16)27(32)33)23(22(18)26)37-25(31)17-7-11-20(12-8-17)28(34)35/h5-12,14,21-23H,2-4,13H2,1H3/t21-,22-,23-/m1/s1. The normalized spacial score (nSPS) is 20.7. The molecular weight excluding hydrogens is 486 g/mol. The minimum absolute atomic E-state index is 0.0579. The van der Waals surface area contributed by atoms with E-state index in [0.717, 1.165) is 18.4 Å². The fourth-order valence-electron chi connectivity index (χ4n) is 4.56. The van der Waals surface area contributed by atoms with Crippen LogP contribution in [-0.4, -0.2) is 57.4 Å². The van der Waals surface area contributed by atoms with Gasteiger partial charge in [-0.2, -0.15) is 0 Å². The predicted octanol–water partition coefficient (Wildman–Crippen LogP) is 3.60. The minimum Gasteiger partial charge on any atom is -0.452 e. The Bertz CT molecular complexity index is 1270. The minimum atomic E-state index is -1.05. The Balaban J connectivity index is 1.61. The number of non-ortho nitro benzene ring substituents is 2. The third-order valence-electron chi connectivity index (χ3n) is 6.36. The molecule has 0 unspecified atom stereocenters. The van der Waals surface area contributed by atoms with Crippen LogP contribution in [0.4, 0.5) is 11.4 Å². The molecule has 1 saturated heterocycles. The van der Waals surface area contributed by atoms with Gasteiger partial charge >= 0.3 is 11.9 Å². The highest BCUT2D eigenvalue weighted by atomic mass is 16.6. The highest BCUT2D eigenvalue weighted by molar-refractivity contribution is 5.91. The summed E-state index contributed by atoms with van der Waals surface area (Å²) in [6.45, 7) is 1.85. The van der Waals surface area contributed by atoms with Gasteiger partial charge in [0.05, 0.1) is 27.0 Å². The van der Waals surface area contributed by atoms with Crippen LogP contribution in [0.15, 0.2) is 60.2 Å². The largest absolute Gasteiger partial charge is 0.452 e. The van der Waals surface area contributed by atoms with Crippen LogP contribution < -0.4 is 0 Å². The summed E-state index contributed by atoms with van der Waals surface area (Å²) in [7, 11) is 0. The van der Waals surface area contributed by atoms with Crippen molar-refractivity contribution in [2.24, 2.45) is 0 Å². The highest BCUT2D eigenvalue weighted by Gasteiger charge is 2.46. The topological polar surface area (TPSA) is 159 Å². The Morgan fingerprint density at radius 2 is 1.35 bits per heavy atom. The molecule has 4 rings (SSSR count). The first-order chi connectivity index (χ1) is 17.7. The average molecular weight is 509 g/mol. The molecule has 1 heterocycles. The number of amides is 1. The number of nitro groups is 2. The summed E-state index contributed by atoms with van der Waals surface area (Å²) in [5.74, 6) is -1.80. The van der Waals surface area contributed by atoms with Gasteiger partial charge in [-0.25, -0.2) is 9.59 Å². The molecule has 0 radical (unpaired) electrons. The van der Waals surface area contributed by atoms with Crippen molar-refractivity contribution in [3.8, 4) is 0 Å². The second-order valence-corrected chi connectivity index (χ2v) is 8.70. The Morgan fingerprint density at radius 3 is 1.84 bits per heavy atom. The van der Waals surface area contributed by atoms with Crippen LogP contribution in [0, 0.1) is 20.2 Å². The van der Waals surface area contributed by atoms with Crippen molar-refractivity contribution in [1.82, 2.24) is 4.90 Å². The number of hydrogen-bond donors (Lipinski definition) is 0. The lowest BCUT2D eigenvalue weighted by Crippen LogP contribution is -2.50. The molecule has 0 spiro atoms. The fourth-order valence-corrected chi connectivity index (χ4v) is 4.56. The van der Waals surface area contributed by atoms with Crippen molar-refractivity contribution in [2.45, 2.75) is 44.4 Å². The van der Waals surface area contributed by atoms with Crippen LogP contribution in [-0.2, 0) is 14.3 Å². The molecule has 0 aromatic heterocycles. The van der Waals surface area contributed by atoms with Crippen molar-refractivity contribution in [3.05, 3.63) is 91.5 Å². The number of nitrogens with zero attached hydrogens (tertiary/aromatic N) is 3. The van der Waals surface area contributed by atoms with E-state index in [-0.39, 0.29) is 28.4 Å². The molecule has 1 fully saturated rings.